The van der Waals surface area contributed by atoms with Crippen LogP contribution >= 0.6 is 0 Å². The predicted molar refractivity (Wildman–Crippen MR) is 78.3 cm³/mol. The lowest BCUT2D eigenvalue weighted by Crippen LogP contribution is -2.43. The Morgan fingerprint density at radius 2 is 1.95 bits per heavy atom. The molecule has 110 valence electrons. The van der Waals surface area contributed by atoms with E-state index in [1.54, 1.807) is 52.0 Å². The summed E-state index contributed by atoms with van der Waals surface area (Å²) in [4.78, 5) is 23.4. The summed E-state index contributed by atoms with van der Waals surface area (Å²) in [5, 5.41) is 5.13. The number of hydrogen-bond acceptors (Lipinski definition) is 4. The lowest BCUT2D eigenvalue weighted by atomic mass is 10.2. The molecule has 0 spiro atoms. The fourth-order valence-electron chi connectivity index (χ4n) is 1.42. The molecule has 0 fully saturated rings. The molecule has 0 saturated heterocycles. The molecule has 0 aliphatic heterocycles. The van der Waals surface area contributed by atoms with Crippen LogP contribution in [-0.4, -0.2) is 23.6 Å². The van der Waals surface area contributed by atoms with Gasteiger partial charge in [0.25, 0.3) is 0 Å². The Morgan fingerprint density at radius 3 is 2.50 bits per heavy atom. The first-order chi connectivity index (χ1) is 9.17. The molecular formula is C14H21N3O3. The highest BCUT2D eigenvalue weighted by Crippen LogP contribution is 2.12. The van der Waals surface area contributed by atoms with Gasteiger partial charge in [0, 0.05) is 11.4 Å². The third kappa shape index (κ3) is 5.60. The molecule has 1 aromatic carbocycles. The van der Waals surface area contributed by atoms with Gasteiger partial charge in [0.1, 0.15) is 11.6 Å². The lowest BCUT2D eigenvalue weighted by Gasteiger charge is -2.21. The molecule has 1 unspecified atom stereocenters. The zero-order chi connectivity index (χ0) is 15.3. The zero-order valence-corrected chi connectivity index (χ0v) is 12.2. The second-order valence-corrected chi connectivity index (χ2v) is 5.48. The van der Waals surface area contributed by atoms with Crippen LogP contribution < -0.4 is 16.4 Å². The number of nitrogen functional groups attached to an aromatic ring is 1. The van der Waals surface area contributed by atoms with Crippen molar-refractivity contribution in [1.82, 2.24) is 5.32 Å². The first kappa shape index (κ1) is 15.8. The van der Waals surface area contributed by atoms with Crippen molar-refractivity contribution < 1.29 is 14.3 Å². The number of alkyl carbamates (subject to hydrolysis) is 1. The summed E-state index contributed by atoms with van der Waals surface area (Å²) in [6.07, 6.45) is -0.632. The van der Waals surface area contributed by atoms with Crippen molar-refractivity contribution in [2.45, 2.75) is 39.3 Å². The molecule has 0 heterocycles. The van der Waals surface area contributed by atoms with Crippen molar-refractivity contribution >= 4 is 23.4 Å². The Hall–Kier alpha value is -2.24. The van der Waals surface area contributed by atoms with Crippen molar-refractivity contribution in [3.05, 3.63) is 24.3 Å². The molecule has 0 saturated carbocycles. The third-order valence-electron chi connectivity index (χ3n) is 2.28. The predicted octanol–water partition coefficient (Wildman–Crippen LogP) is 2.12. The summed E-state index contributed by atoms with van der Waals surface area (Å²) in [5.41, 5.74) is 6.14. The summed E-state index contributed by atoms with van der Waals surface area (Å²) in [5.74, 6) is -0.346. The average Bonchev–Trinajstić information content (AvgIpc) is 2.25. The number of carbonyl (C=O) groups is 2. The quantitative estimate of drug-likeness (QED) is 0.739. The van der Waals surface area contributed by atoms with Crippen LogP contribution in [0.15, 0.2) is 24.3 Å². The molecule has 1 atom stereocenters. The Kier molecular flexibility index (Phi) is 4.96. The third-order valence-corrected chi connectivity index (χ3v) is 2.28. The maximum absolute atomic E-state index is 11.9. The van der Waals surface area contributed by atoms with Gasteiger partial charge in [-0.15, -0.1) is 0 Å². The molecule has 4 N–H and O–H groups in total. The van der Waals surface area contributed by atoms with Crippen molar-refractivity contribution in [2.75, 3.05) is 11.1 Å². The Balaban J connectivity index is 2.53. The Morgan fingerprint density at radius 1 is 1.30 bits per heavy atom. The molecule has 0 aromatic heterocycles. The number of benzene rings is 1. The Labute approximate surface area is 118 Å². The van der Waals surface area contributed by atoms with Crippen LogP contribution in [0, 0.1) is 0 Å². The minimum absolute atomic E-state index is 0.346. The van der Waals surface area contributed by atoms with E-state index in [0.717, 1.165) is 0 Å². The monoisotopic (exact) mass is 279 g/mol. The maximum atomic E-state index is 11.9. The van der Waals surface area contributed by atoms with Crippen LogP contribution in [0.4, 0.5) is 16.2 Å². The van der Waals surface area contributed by atoms with Crippen LogP contribution in [0.5, 0.6) is 0 Å². The highest BCUT2D eigenvalue weighted by Gasteiger charge is 2.20. The van der Waals surface area contributed by atoms with E-state index in [1.165, 1.54) is 0 Å². The van der Waals surface area contributed by atoms with Gasteiger partial charge in [-0.25, -0.2) is 4.79 Å². The zero-order valence-electron chi connectivity index (χ0n) is 12.2. The van der Waals surface area contributed by atoms with Gasteiger partial charge in [0.15, 0.2) is 0 Å². The minimum atomic E-state index is -0.716. The molecule has 0 aliphatic rings. The topological polar surface area (TPSA) is 93.4 Å². The SMILES string of the molecule is CC(NC(=O)OC(C)(C)C)C(=O)Nc1cccc(N)c1. The van der Waals surface area contributed by atoms with Gasteiger partial charge in [0.2, 0.25) is 5.91 Å². The second-order valence-electron chi connectivity index (χ2n) is 5.48. The van der Waals surface area contributed by atoms with Crippen LogP contribution in [0.1, 0.15) is 27.7 Å². The van der Waals surface area contributed by atoms with Gasteiger partial charge < -0.3 is 21.1 Å². The summed E-state index contributed by atoms with van der Waals surface area (Å²) in [7, 11) is 0. The van der Waals surface area contributed by atoms with Gasteiger partial charge in [-0.2, -0.15) is 0 Å². The van der Waals surface area contributed by atoms with Crippen LogP contribution in [0.3, 0.4) is 0 Å². The van der Waals surface area contributed by atoms with Crippen molar-refractivity contribution in [3.63, 3.8) is 0 Å². The van der Waals surface area contributed by atoms with Gasteiger partial charge >= 0.3 is 6.09 Å². The molecule has 1 aromatic rings. The molecule has 2 amide bonds. The fourth-order valence-corrected chi connectivity index (χ4v) is 1.42. The number of nitrogens with two attached hydrogens (primary N) is 1. The van der Waals surface area contributed by atoms with Crippen LogP contribution in [-0.2, 0) is 9.53 Å². The molecule has 20 heavy (non-hydrogen) atoms. The van der Waals surface area contributed by atoms with E-state index in [1.807, 2.05) is 0 Å². The lowest BCUT2D eigenvalue weighted by molar-refractivity contribution is -0.117. The van der Waals surface area contributed by atoms with E-state index < -0.39 is 17.7 Å². The minimum Gasteiger partial charge on any atom is -0.444 e. The summed E-state index contributed by atoms with van der Waals surface area (Å²) in [6, 6.07) is 6.09. The summed E-state index contributed by atoms with van der Waals surface area (Å²) in [6.45, 7) is 6.84. The molecule has 0 bridgehead atoms. The molecule has 6 nitrogen and oxygen atoms in total. The average molecular weight is 279 g/mol. The second kappa shape index (κ2) is 6.27. The summed E-state index contributed by atoms with van der Waals surface area (Å²) >= 11 is 0. The molecule has 0 radical (unpaired) electrons. The van der Waals surface area contributed by atoms with E-state index in [0.29, 0.717) is 11.4 Å². The van der Waals surface area contributed by atoms with Crippen LogP contribution in [0.25, 0.3) is 0 Å². The van der Waals surface area contributed by atoms with E-state index in [-0.39, 0.29) is 5.91 Å². The molecule has 1 rings (SSSR count). The van der Waals surface area contributed by atoms with Crippen molar-refractivity contribution in [1.29, 1.82) is 0 Å². The van der Waals surface area contributed by atoms with E-state index in [9.17, 15) is 9.59 Å². The number of hydrogen-bond donors (Lipinski definition) is 3. The number of carbonyl (C=O) groups excluding carboxylic acids is 2. The number of amides is 2. The van der Waals surface area contributed by atoms with Gasteiger partial charge in [-0.3, -0.25) is 4.79 Å². The van der Waals surface area contributed by atoms with Crippen LogP contribution in [0.2, 0.25) is 0 Å². The number of anilines is 2. The maximum Gasteiger partial charge on any atom is 0.408 e. The van der Waals surface area contributed by atoms with Gasteiger partial charge in [-0.05, 0) is 45.9 Å². The van der Waals surface area contributed by atoms with Crippen molar-refractivity contribution in [2.24, 2.45) is 0 Å². The highest BCUT2D eigenvalue weighted by molar-refractivity contribution is 5.96. The molecule has 6 heteroatoms. The first-order valence-corrected chi connectivity index (χ1v) is 6.33. The standard InChI is InChI=1S/C14H21N3O3/c1-9(16-13(19)20-14(2,3)4)12(18)17-11-7-5-6-10(15)8-11/h5-9H,15H2,1-4H3,(H,16,19)(H,17,18). The summed E-state index contributed by atoms with van der Waals surface area (Å²) < 4.78 is 5.08. The van der Waals surface area contributed by atoms with Gasteiger partial charge in [-0.1, -0.05) is 6.07 Å². The number of nitrogens with one attached hydrogen (secondary N) is 2. The van der Waals surface area contributed by atoms with E-state index in [2.05, 4.69) is 10.6 Å². The first-order valence-electron chi connectivity index (χ1n) is 6.33. The van der Waals surface area contributed by atoms with E-state index >= 15 is 0 Å². The van der Waals surface area contributed by atoms with Crippen molar-refractivity contribution in [3.8, 4) is 0 Å². The smallest absolute Gasteiger partial charge is 0.408 e. The molecular weight excluding hydrogens is 258 g/mol. The van der Waals surface area contributed by atoms with Gasteiger partial charge in [0.05, 0.1) is 0 Å². The van der Waals surface area contributed by atoms with E-state index in [4.69, 9.17) is 10.5 Å². The number of ether oxygens (including phenoxy) is 1. The normalized spacial score (nSPS) is 12.4. The highest BCUT2D eigenvalue weighted by atomic mass is 16.6. The Bertz CT molecular complexity index is 495. The largest absolute Gasteiger partial charge is 0.444 e. The fraction of sp³-hybridized carbons (Fsp3) is 0.429. The number of rotatable bonds is 3. The molecule has 0 aliphatic carbocycles.